The van der Waals surface area contributed by atoms with Crippen LogP contribution in [0.2, 0.25) is 0 Å². The fraction of sp³-hybridized carbons (Fsp3) is 0.895. The number of esters is 2. The maximum absolute atomic E-state index is 10.9. The van der Waals surface area contributed by atoms with E-state index in [1.165, 1.54) is 72.0 Å². The SMILES string of the molecule is COC(=O)CCCCCCCCCCCCCCCC(=O)OC. The zero-order chi connectivity index (χ0) is 17.2. The molecule has 136 valence electrons. The highest BCUT2D eigenvalue weighted by molar-refractivity contribution is 5.69. The fourth-order valence-electron chi connectivity index (χ4n) is 2.69. The Morgan fingerprint density at radius 1 is 0.478 bits per heavy atom. The summed E-state index contributed by atoms with van der Waals surface area (Å²) >= 11 is 0. The molecule has 0 aromatic carbocycles. The summed E-state index contributed by atoms with van der Waals surface area (Å²) in [4.78, 5) is 21.9. The van der Waals surface area contributed by atoms with Gasteiger partial charge in [-0.25, -0.2) is 0 Å². The largest absolute Gasteiger partial charge is 0.469 e. The van der Waals surface area contributed by atoms with E-state index >= 15 is 0 Å². The predicted molar refractivity (Wildman–Crippen MR) is 93.3 cm³/mol. The van der Waals surface area contributed by atoms with Crippen LogP contribution in [0.5, 0.6) is 0 Å². The first kappa shape index (κ1) is 21.9. The molecule has 4 nitrogen and oxygen atoms in total. The molecule has 4 heteroatoms. The molecule has 0 atom stereocenters. The molecule has 0 heterocycles. The van der Waals surface area contributed by atoms with Gasteiger partial charge in [0.15, 0.2) is 0 Å². The highest BCUT2D eigenvalue weighted by Crippen LogP contribution is 2.13. The first-order chi connectivity index (χ1) is 11.2. The zero-order valence-corrected chi connectivity index (χ0v) is 15.2. The van der Waals surface area contributed by atoms with Gasteiger partial charge >= 0.3 is 11.9 Å². The monoisotopic (exact) mass is 328 g/mol. The normalized spacial score (nSPS) is 10.5. The van der Waals surface area contributed by atoms with E-state index in [-0.39, 0.29) is 11.9 Å². The molecular weight excluding hydrogens is 292 g/mol. The van der Waals surface area contributed by atoms with E-state index in [2.05, 4.69) is 9.47 Å². The fourth-order valence-corrected chi connectivity index (χ4v) is 2.69. The van der Waals surface area contributed by atoms with Gasteiger partial charge in [0.2, 0.25) is 0 Å². The van der Waals surface area contributed by atoms with Gasteiger partial charge in [0.25, 0.3) is 0 Å². The second-order valence-corrected chi connectivity index (χ2v) is 6.25. The average Bonchev–Trinajstić information content (AvgIpc) is 2.57. The molecule has 0 unspecified atom stereocenters. The van der Waals surface area contributed by atoms with Gasteiger partial charge in [-0.3, -0.25) is 9.59 Å². The van der Waals surface area contributed by atoms with Crippen LogP contribution in [0.3, 0.4) is 0 Å². The molecule has 0 bridgehead atoms. The van der Waals surface area contributed by atoms with Crippen LogP contribution in [0.25, 0.3) is 0 Å². The molecule has 0 radical (unpaired) electrons. The van der Waals surface area contributed by atoms with Gasteiger partial charge in [-0.05, 0) is 12.8 Å². The van der Waals surface area contributed by atoms with Crippen LogP contribution in [-0.4, -0.2) is 26.2 Å². The lowest BCUT2D eigenvalue weighted by Gasteiger charge is -2.03. The molecule has 0 aliphatic carbocycles. The van der Waals surface area contributed by atoms with Gasteiger partial charge in [0.05, 0.1) is 14.2 Å². The molecule has 0 amide bonds. The number of methoxy groups -OCH3 is 2. The minimum atomic E-state index is -0.0877. The standard InChI is InChI=1S/C19H36O4/c1-22-18(20)16-14-12-10-8-6-4-3-5-7-9-11-13-15-17-19(21)23-2/h3-17H2,1-2H3. The van der Waals surface area contributed by atoms with Crippen molar-refractivity contribution in [3.8, 4) is 0 Å². The van der Waals surface area contributed by atoms with Gasteiger partial charge in [-0.15, -0.1) is 0 Å². The number of rotatable bonds is 16. The van der Waals surface area contributed by atoms with Gasteiger partial charge in [-0.1, -0.05) is 70.6 Å². The number of hydrogen-bond acceptors (Lipinski definition) is 4. The van der Waals surface area contributed by atoms with Crippen molar-refractivity contribution < 1.29 is 19.1 Å². The van der Waals surface area contributed by atoms with Crippen molar-refractivity contribution >= 4 is 11.9 Å². The van der Waals surface area contributed by atoms with E-state index in [9.17, 15) is 9.59 Å². The second-order valence-electron chi connectivity index (χ2n) is 6.25. The molecule has 0 fully saturated rings. The number of unbranched alkanes of at least 4 members (excludes halogenated alkanes) is 12. The van der Waals surface area contributed by atoms with Crippen molar-refractivity contribution in [1.29, 1.82) is 0 Å². The third kappa shape index (κ3) is 17.1. The summed E-state index contributed by atoms with van der Waals surface area (Å²) in [5.41, 5.74) is 0. The van der Waals surface area contributed by atoms with Gasteiger partial charge in [-0.2, -0.15) is 0 Å². The lowest BCUT2D eigenvalue weighted by molar-refractivity contribution is -0.141. The predicted octanol–water partition coefficient (Wildman–Crippen LogP) is 5.18. The molecule has 0 aliphatic heterocycles. The van der Waals surface area contributed by atoms with Crippen LogP contribution in [0, 0.1) is 0 Å². The highest BCUT2D eigenvalue weighted by atomic mass is 16.5. The molecule has 0 saturated heterocycles. The average molecular weight is 328 g/mol. The van der Waals surface area contributed by atoms with Crippen molar-refractivity contribution in [2.75, 3.05) is 14.2 Å². The third-order valence-electron chi connectivity index (χ3n) is 4.22. The van der Waals surface area contributed by atoms with Gasteiger partial charge in [0, 0.05) is 12.8 Å². The summed E-state index contributed by atoms with van der Waals surface area (Å²) in [5.74, 6) is -0.175. The Kier molecular flexibility index (Phi) is 16.5. The third-order valence-corrected chi connectivity index (χ3v) is 4.22. The summed E-state index contributed by atoms with van der Waals surface area (Å²) in [5, 5.41) is 0. The first-order valence-electron chi connectivity index (χ1n) is 9.34. The lowest BCUT2D eigenvalue weighted by atomic mass is 10.0. The van der Waals surface area contributed by atoms with E-state index in [4.69, 9.17) is 0 Å². The van der Waals surface area contributed by atoms with Crippen molar-refractivity contribution in [2.45, 2.75) is 96.3 Å². The van der Waals surface area contributed by atoms with Crippen LogP contribution in [0.15, 0.2) is 0 Å². The Morgan fingerprint density at radius 3 is 0.913 bits per heavy atom. The summed E-state index contributed by atoms with van der Waals surface area (Å²) in [6.45, 7) is 0. The summed E-state index contributed by atoms with van der Waals surface area (Å²) in [6, 6.07) is 0. The number of ether oxygens (including phenoxy) is 2. The van der Waals surface area contributed by atoms with Crippen molar-refractivity contribution in [3.63, 3.8) is 0 Å². The number of carbonyl (C=O) groups is 2. The topological polar surface area (TPSA) is 52.6 Å². The summed E-state index contributed by atoms with van der Waals surface area (Å²) in [7, 11) is 2.90. The van der Waals surface area contributed by atoms with Gasteiger partial charge in [0.1, 0.15) is 0 Å². The van der Waals surface area contributed by atoms with E-state index in [0.717, 1.165) is 25.7 Å². The van der Waals surface area contributed by atoms with Gasteiger partial charge < -0.3 is 9.47 Å². The molecular formula is C19H36O4. The Balaban J connectivity index is 3.05. The molecule has 0 rings (SSSR count). The second kappa shape index (κ2) is 17.3. The Bertz CT molecular complexity index is 261. The summed E-state index contributed by atoms with van der Waals surface area (Å²) < 4.78 is 9.24. The molecule has 0 saturated carbocycles. The van der Waals surface area contributed by atoms with E-state index in [0.29, 0.717) is 12.8 Å². The highest BCUT2D eigenvalue weighted by Gasteiger charge is 2.00. The van der Waals surface area contributed by atoms with Crippen LogP contribution in [0.1, 0.15) is 96.3 Å². The maximum Gasteiger partial charge on any atom is 0.305 e. The minimum Gasteiger partial charge on any atom is -0.469 e. The van der Waals surface area contributed by atoms with Crippen LogP contribution in [0.4, 0.5) is 0 Å². The molecule has 0 aliphatic rings. The minimum absolute atomic E-state index is 0.0877. The molecule has 0 aromatic rings. The lowest BCUT2D eigenvalue weighted by Crippen LogP contribution is -1.99. The Morgan fingerprint density at radius 2 is 0.696 bits per heavy atom. The number of carbonyl (C=O) groups excluding carboxylic acids is 2. The van der Waals surface area contributed by atoms with Crippen LogP contribution < -0.4 is 0 Å². The Hall–Kier alpha value is -1.06. The zero-order valence-electron chi connectivity index (χ0n) is 15.2. The Labute approximate surface area is 142 Å². The number of hydrogen-bond donors (Lipinski definition) is 0. The molecule has 0 N–H and O–H groups in total. The summed E-state index contributed by atoms with van der Waals surface area (Å²) in [6.07, 6.45) is 17.0. The smallest absolute Gasteiger partial charge is 0.305 e. The molecule has 0 aromatic heterocycles. The van der Waals surface area contributed by atoms with Crippen molar-refractivity contribution in [1.82, 2.24) is 0 Å². The first-order valence-corrected chi connectivity index (χ1v) is 9.34. The quantitative estimate of drug-likeness (QED) is 0.289. The maximum atomic E-state index is 10.9. The van der Waals surface area contributed by atoms with Crippen LogP contribution >= 0.6 is 0 Å². The molecule has 23 heavy (non-hydrogen) atoms. The van der Waals surface area contributed by atoms with Crippen molar-refractivity contribution in [2.24, 2.45) is 0 Å². The van der Waals surface area contributed by atoms with E-state index in [1.54, 1.807) is 0 Å². The van der Waals surface area contributed by atoms with Crippen molar-refractivity contribution in [3.05, 3.63) is 0 Å². The van der Waals surface area contributed by atoms with E-state index < -0.39 is 0 Å². The van der Waals surface area contributed by atoms with Crippen LogP contribution in [-0.2, 0) is 19.1 Å². The molecule has 0 spiro atoms. The van der Waals surface area contributed by atoms with E-state index in [1.807, 2.05) is 0 Å².